The minimum Gasteiger partial charge on any atom is -0.338 e. The Morgan fingerprint density at radius 1 is 1.41 bits per heavy atom. The number of carbonyl (C=O) groups excluding carboxylic acids is 1. The maximum atomic E-state index is 11.5. The first kappa shape index (κ1) is 15.2. The van der Waals surface area contributed by atoms with E-state index in [0.29, 0.717) is 23.3 Å². The van der Waals surface area contributed by atoms with Crippen LogP contribution in [0.5, 0.6) is 0 Å². The maximum absolute atomic E-state index is 11.5. The van der Waals surface area contributed by atoms with Crippen LogP contribution in [0.1, 0.15) is 25.7 Å². The monoisotopic (exact) mass is 319 g/mol. The molecule has 6 heteroatoms. The smallest absolute Gasteiger partial charge is 0.241 e. The quantitative estimate of drug-likeness (QED) is 0.866. The van der Waals surface area contributed by atoms with Gasteiger partial charge in [-0.3, -0.25) is 9.69 Å². The lowest BCUT2D eigenvalue weighted by Gasteiger charge is -2.30. The molecule has 0 unspecified atom stereocenters. The van der Waals surface area contributed by atoms with Crippen LogP contribution in [0, 0.1) is 5.92 Å². The zero-order chi connectivity index (χ0) is 15.5. The van der Waals surface area contributed by atoms with Crippen molar-refractivity contribution >= 4 is 17.4 Å². The number of Topliss-reactive ketones (excluding diaryl/α,β-unsaturated/α-hetero) is 1. The van der Waals surface area contributed by atoms with Crippen molar-refractivity contribution in [2.24, 2.45) is 5.92 Å². The van der Waals surface area contributed by atoms with Crippen molar-refractivity contribution in [2.75, 3.05) is 13.1 Å². The Hall–Kier alpha value is -1.72. The molecule has 5 nitrogen and oxygen atoms in total. The molecule has 0 N–H and O–H groups in total. The third-order valence-corrected chi connectivity index (χ3v) is 4.26. The second-order valence-corrected chi connectivity index (χ2v) is 6.14. The number of ketones is 1. The van der Waals surface area contributed by atoms with E-state index in [1.54, 1.807) is 19.1 Å². The van der Waals surface area contributed by atoms with Gasteiger partial charge in [0.25, 0.3) is 0 Å². The second kappa shape index (κ2) is 6.58. The van der Waals surface area contributed by atoms with E-state index in [1.165, 1.54) is 0 Å². The van der Waals surface area contributed by atoms with Gasteiger partial charge in [-0.05, 0) is 50.6 Å². The van der Waals surface area contributed by atoms with E-state index in [2.05, 4.69) is 15.0 Å². The van der Waals surface area contributed by atoms with E-state index < -0.39 is 0 Å². The Bertz CT molecular complexity index is 654. The minimum atomic E-state index is 0.132. The Kier molecular flexibility index (Phi) is 4.55. The van der Waals surface area contributed by atoms with Gasteiger partial charge in [0, 0.05) is 23.0 Å². The van der Waals surface area contributed by atoms with Gasteiger partial charge in [-0.25, -0.2) is 0 Å². The van der Waals surface area contributed by atoms with E-state index in [-0.39, 0.29) is 11.7 Å². The summed E-state index contributed by atoms with van der Waals surface area (Å²) < 4.78 is 5.33. The SMILES string of the molecule is CC(=O)[C@H]1CCCN(Cc2nc(-c3ccc(Cl)cc3)no2)C1. The van der Waals surface area contributed by atoms with Crippen LogP contribution in [0.2, 0.25) is 5.02 Å². The predicted octanol–water partition coefficient (Wildman–Crippen LogP) is 3.19. The first-order valence-electron chi connectivity index (χ1n) is 7.43. The van der Waals surface area contributed by atoms with Crippen LogP contribution in [-0.2, 0) is 11.3 Å². The largest absolute Gasteiger partial charge is 0.338 e. The summed E-state index contributed by atoms with van der Waals surface area (Å²) in [5.41, 5.74) is 0.875. The lowest BCUT2D eigenvalue weighted by atomic mass is 9.95. The van der Waals surface area contributed by atoms with Crippen molar-refractivity contribution in [3.63, 3.8) is 0 Å². The summed E-state index contributed by atoms with van der Waals surface area (Å²) in [5.74, 6) is 1.53. The third-order valence-electron chi connectivity index (χ3n) is 4.01. The number of carbonyl (C=O) groups is 1. The molecule has 0 saturated carbocycles. The van der Waals surface area contributed by atoms with E-state index in [9.17, 15) is 4.79 Å². The molecule has 2 heterocycles. The standard InChI is InChI=1S/C16H18ClN3O2/c1-11(21)13-3-2-8-20(9-13)10-15-18-16(19-22-15)12-4-6-14(17)7-5-12/h4-7,13H,2-3,8-10H2,1H3/t13-/m0/s1. The molecule has 116 valence electrons. The van der Waals surface area contributed by atoms with Gasteiger partial charge in [-0.15, -0.1) is 0 Å². The summed E-state index contributed by atoms with van der Waals surface area (Å²) in [5, 5.41) is 4.69. The highest BCUT2D eigenvalue weighted by atomic mass is 35.5. The van der Waals surface area contributed by atoms with Gasteiger partial charge in [-0.1, -0.05) is 16.8 Å². The lowest BCUT2D eigenvalue weighted by molar-refractivity contribution is -0.122. The van der Waals surface area contributed by atoms with Gasteiger partial charge < -0.3 is 4.52 Å². The van der Waals surface area contributed by atoms with Crippen LogP contribution < -0.4 is 0 Å². The second-order valence-electron chi connectivity index (χ2n) is 5.70. The van der Waals surface area contributed by atoms with Crippen molar-refractivity contribution in [1.29, 1.82) is 0 Å². The number of rotatable bonds is 4. The summed E-state index contributed by atoms with van der Waals surface area (Å²) in [7, 11) is 0. The molecule has 1 aliphatic rings. The van der Waals surface area contributed by atoms with Gasteiger partial charge in [0.1, 0.15) is 5.78 Å². The maximum Gasteiger partial charge on any atom is 0.241 e. The number of aromatic nitrogens is 2. The van der Waals surface area contributed by atoms with Crippen LogP contribution in [0.3, 0.4) is 0 Å². The van der Waals surface area contributed by atoms with Crippen LogP contribution in [-0.4, -0.2) is 33.9 Å². The summed E-state index contributed by atoms with van der Waals surface area (Å²) in [6, 6.07) is 7.33. The summed E-state index contributed by atoms with van der Waals surface area (Å²) in [6.07, 6.45) is 2.01. The molecule has 22 heavy (non-hydrogen) atoms. The van der Waals surface area contributed by atoms with Gasteiger partial charge in [-0.2, -0.15) is 4.98 Å². The van der Waals surface area contributed by atoms with Crippen molar-refractivity contribution in [2.45, 2.75) is 26.3 Å². The van der Waals surface area contributed by atoms with Gasteiger partial charge >= 0.3 is 0 Å². The molecule has 1 fully saturated rings. The highest BCUT2D eigenvalue weighted by Gasteiger charge is 2.24. The molecule has 0 amide bonds. The Labute approximate surface area is 134 Å². The molecule has 3 rings (SSSR count). The highest BCUT2D eigenvalue weighted by molar-refractivity contribution is 6.30. The van der Waals surface area contributed by atoms with Gasteiger partial charge in [0.15, 0.2) is 0 Å². The zero-order valence-corrected chi connectivity index (χ0v) is 13.2. The average molecular weight is 320 g/mol. The van der Waals surface area contributed by atoms with Gasteiger partial charge in [0.05, 0.1) is 6.54 Å². The summed E-state index contributed by atoms with van der Waals surface area (Å²) in [4.78, 5) is 18.2. The number of halogens is 1. The normalized spacial score (nSPS) is 19.3. The number of nitrogens with zero attached hydrogens (tertiary/aromatic N) is 3. The zero-order valence-electron chi connectivity index (χ0n) is 12.5. The van der Waals surface area contributed by atoms with Crippen LogP contribution in [0.15, 0.2) is 28.8 Å². The Balaban J connectivity index is 1.66. The fourth-order valence-corrected chi connectivity index (χ4v) is 2.88. The molecule has 1 aromatic heterocycles. The number of benzene rings is 1. The van der Waals surface area contributed by atoms with E-state index in [1.807, 2.05) is 12.1 Å². The molecular weight excluding hydrogens is 302 g/mol. The predicted molar refractivity (Wildman–Crippen MR) is 83.4 cm³/mol. The molecular formula is C16H18ClN3O2. The van der Waals surface area contributed by atoms with Gasteiger partial charge in [0.2, 0.25) is 11.7 Å². The molecule has 0 radical (unpaired) electrons. The number of likely N-dealkylation sites (tertiary alicyclic amines) is 1. The molecule has 0 spiro atoms. The first-order chi connectivity index (χ1) is 10.6. The molecule has 2 aromatic rings. The van der Waals surface area contributed by atoms with E-state index >= 15 is 0 Å². The Morgan fingerprint density at radius 2 is 2.18 bits per heavy atom. The third kappa shape index (κ3) is 3.54. The van der Waals surface area contributed by atoms with Crippen LogP contribution in [0.25, 0.3) is 11.4 Å². The van der Waals surface area contributed by atoms with Crippen molar-refractivity contribution < 1.29 is 9.32 Å². The molecule has 1 saturated heterocycles. The number of hydrogen-bond acceptors (Lipinski definition) is 5. The van der Waals surface area contributed by atoms with Crippen molar-refractivity contribution in [1.82, 2.24) is 15.0 Å². The average Bonchev–Trinajstić information content (AvgIpc) is 2.96. The first-order valence-corrected chi connectivity index (χ1v) is 7.81. The topological polar surface area (TPSA) is 59.2 Å². The fraction of sp³-hybridized carbons (Fsp3) is 0.438. The number of piperidine rings is 1. The fourth-order valence-electron chi connectivity index (χ4n) is 2.76. The van der Waals surface area contributed by atoms with E-state index in [0.717, 1.165) is 31.5 Å². The van der Waals surface area contributed by atoms with Crippen molar-refractivity contribution in [3.8, 4) is 11.4 Å². The lowest BCUT2D eigenvalue weighted by Crippen LogP contribution is -2.37. The minimum absolute atomic E-state index is 0.132. The number of hydrogen-bond donors (Lipinski definition) is 0. The molecule has 1 aliphatic heterocycles. The molecule has 0 aliphatic carbocycles. The molecule has 0 bridgehead atoms. The van der Waals surface area contributed by atoms with E-state index in [4.69, 9.17) is 16.1 Å². The summed E-state index contributed by atoms with van der Waals surface area (Å²) >= 11 is 5.87. The summed E-state index contributed by atoms with van der Waals surface area (Å²) in [6.45, 7) is 3.99. The molecule has 1 aromatic carbocycles. The van der Waals surface area contributed by atoms with Crippen molar-refractivity contribution in [3.05, 3.63) is 35.2 Å². The van der Waals surface area contributed by atoms with Crippen LogP contribution in [0.4, 0.5) is 0 Å². The Morgan fingerprint density at radius 3 is 2.91 bits per heavy atom. The van der Waals surface area contributed by atoms with Crippen LogP contribution >= 0.6 is 11.6 Å². The molecule has 1 atom stereocenters. The highest BCUT2D eigenvalue weighted by Crippen LogP contribution is 2.21.